The lowest BCUT2D eigenvalue weighted by atomic mass is 10.0. The number of rotatable bonds is 6. The fourth-order valence-corrected chi connectivity index (χ4v) is 1.62. The van der Waals surface area contributed by atoms with Crippen LogP contribution in [0.5, 0.6) is 0 Å². The lowest BCUT2D eigenvalue weighted by Gasteiger charge is -2.14. The van der Waals surface area contributed by atoms with Gasteiger partial charge in [0.1, 0.15) is 5.82 Å². The summed E-state index contributed by atoms with van der Waals surface area (Å²) in [6.45, 7) is 4.88. The van der Waals surface area contributed by atoms with Gasteiger partial charge in [-0.1, -0.05) is 26.7 Å². The second-order valence-electron chi connectivity index (χ2n) is 4.02. The maximum atomic E-state index is 13.1. The molecule has 0 heterocycles. The monoisotopic (exact) mass is 240 g/mol. The van der Waals surface area contributed by atoms with Gasteiger partial charge in [-0.2, -0.15) is 0 Å². The van der Waals surface area contributed by atoms with Crippen LogP contribution in [0.25, 0.3) is 0 Å². The van der Waals surface area contributed by atoms with E-state index in [1.807, 2.05) is 0 Å². The first-order valence-electron chi connectivity index (χ1n) is 5.75. The van der Waals surface area contributed by atoms with Gasteiger partial charge in [-0.3, -0.25) is 10.1 Å². The molecule has 1 rings (SSSR count). The zero-order valence-corrected chi connectivity index (χ0v) is 10.1. The number of nitrogens with one attached hydrogen (secondary N) is 1. The van der Waals surface area contributed by atoms with Crippen LogP contribution in [0, 0.1) is 21.8 Å². The van der Waals surface area contributed by atoms with Crippen LogP contribution in [-0.2, 0) is 0 Å². The summed E-state index contributed by atoms with van der Waals surface area (Å²) < 4.78 is 13.1. The molecule has 0 aliphatic carbocycles. The van der Waals surface area contributed by atoms with Gasteiger partial charge in [0.25, 0.3) is 5.69 Å². The van der Waals surface area contributed by atoms with E-state index in [1.165, 1.54) is 12.1 Å². The molecule has 0 unspecified atom stereocenters. The van der Waals surface area contributed by atoms with Crippen molar-refractivity contribution in [3.05, 3.63) is 34.1 Å². The predicted molar refractivity (Wildman–Crippen MR) is 65.6 cm³/mol. The highest BCUT2D eigenvalue weighted by atomic mass is 19.1. The van der Waals surface area contributed by atoms with Crippen LogP contribution in [0.4, 0.5) is 15.8 Å². The van der Waals surface area contributed by atoms with Gasteiger partial charge in [0.05, 0.1) is 11.0 Å². The SMILES string of the molecule is CCC(CC)CNc1cc(F)cc([N+](=O)[O-])c1. The van der Waals surface area contributed by atoms with E-state index < -0.39 is 10.7 Å². The molecule has 17 heavy (non-hydrogen) atoms. The number of nitrogens with zero attached hydrogens (tertiary/aromatic N) is 1. The van der Waals surface area contributed by atoms with E-state index in [1.54, 1.807) is 0 Å². The number of nitro benzene ring substituents is 1. The first-order valence-corrected chi connectivity index (χ1v) is 5.75. The number of hydrogen-bond donors (Lipinski definition) is 1. The molecule has 1 aromatic carbocycles. The van der Waals surface area contributed by atoms with Crippen LogP contribution in [0.1, 0.15) is 26.7 Å². The largest absolute Gasteiger partial charge is 0.384 e. The van der Waals surface area contributed by atoms with Crippen molar-refractivity contribution >= 4 is 11.4 Å². The van der Waals surface area contributed by atoms with Crippen molar-refractivity contribution in [1.29, 1.82) is 0 Å². The molecule has 1 aromatic rings. The minimum Gasteiger partial charge on any atom is -0.384 e. The minimum atomic E-state index is -0.592. The topological polar surface area (TPSA) is 55.2 Å². The number of anilines is 1. The third kappa shape index (κ3) is 4.01. The molecule has 5 heteroatoms. The highest BCUT2D eigenvalue weighted by Gasteiger charge is 2.10. The summed E-state index contributed by atoms with van der Waals surface area (Å²) in [4.78, 5) is 9.98. The molecule has 0 spiro atoms. The van der Waals surface area contributed by atoms with E-state index in [9.17, 15) is 14.5 Å². The molecule has 0 bridgehead atoms. The Balaban J connectivity index is 2.74. The van der Waals surface area contributed by atoms with Crippen LogP contribution in [0.3, 0.4) is 0 Å². The predicted octanol–water partition coefficient (Wildman–Crippen LogP) is 3.58. The van der Waals surface area contributed by atoms with E-state index in [2.05, 4.69) is 19.2 Å². The van der Waals surface area contributed by atoms with Gasteiger partial charge in [0.2, 0.25) is 0 Å². The number of benzene rings is 1. The van der Waals surface area contributed by atoms with Gasteiger partial charge >= 0.3 is 0 Å². The first-order chi connectivity index (χ1) is 8.06. The molecule has 94 valence electrons. The Bertz CT molecular complexity index is 392. The molecule has 0 aliphatic heterocycles. The summed E-state index contributed by atoms with van der Waals surface area (Å²) >= 11 is 0. The van der Waals surface area contributed by atoms with Crippen molar-refractivity contribution in [2.75, 3.05) is 11.9 Å². The van der Waals surface area contributed by atoms with E-state index in [-0.39, 0.29) is 5.69 Å². The van der Waals surface area contributed by atoms with Crippen molar-refractivity contribution in [2.24, 2.45) is 5.92 Å². The van der Waals surface area contributed by atoms with E-state index in [0.717, 1.165) is 18.9 Å². The molecule has 0 aliphatic rings. The summed E-state index contributed by atoms with van der Waals surface area (Å²) in [5, 5.41) is 13.6. The molecule has 0 aromatic heterocycles. The highest BCUT2D eigenvalue weighted by molar-refractivity contribution is 5.51. The number of nitro groups is 1. The maximum absolute atomic E-state index is 13.1. The van der Waals surface area contributed by atoms with Crippen LogP contribution in [0.15, 0.2) is 18.2 Å². The van der Waals surface area contributed by atoms with Gasteiger partial charge in [-0.05, 0) is 12.0 Å². The van der Waals surface area contributed by atoms with Crippen LogP contribution in [0.2, 0.25) is 0 Å². The quantitative estimate of drug-likeness (QED) is 0.610. The lowest BCUT2D eigenvalue weighted by Crippen LogP contribution is -2.12. The molecule has 0 fully saturated rings. The van der Waals surface area contributed by atoms with Crippen LogP contribution < -0.4 is 5.32 Å². The average molecular weight is 240 g/mol. The van der Waals surface area contributed by atoms with Crippen molar-refractivity contribution in [2.45, 2.75) is 26.7 Å². The van der Waals surface area contributed by atoms with E-state index in [4.69, 9.17) is 0 Å². The first kappa shape index (κ1) is 13.4. The summed E-state index contributed by atoms with van der Waals surface area (Å²) in [7, 11) is 0. The number of non-ortho nitro benzene ring substituents is 1. The summed E-state index contributed by atoms with van der Waals surface area (Å²) in [6.07, 6.45) is 2.06. The highest BCUT2D eigenvalue weighted by Crippen LogP contribution is 2.20. The fraction of sp³-hybridized carbons (Fsp3) is 0.500. The summed E-state index contributed by atoms with van der Waals surface area (Å²) in [5.41, 5.74) is 0.237. The maximum Gasteiger partial charge on any atom is 0.274 e. The third-order valence-corrected chi connectivity index (χ3v) is 2.84. The molecular weight excluding hydrogens is 223 g/mol. The van der Waals surface area contributed by atoms with Gasteiger partial charge in [0, 0.05) is 18.3 Å². The Morgan fingerprint density at radius 1 is 1.35 bits per heavy atom. The minimum absolute atomic E-state index is 0.225. The van der Waals surface area contributed by atoms with Crippen molar-refractivity contribution in [1.82, 2.24) is 0 Å². The fourth-order valence-electron chi connectivity index (χ4n) is 1.62. The third-order valence-electron chi connectivity index (χ3n) is 2.84. The molecule has 1 N–H and O–H groups in total. The molecular formula is C12H17FN2O2. The molecule has 0 atom stereocenters. The second-order valence-corrected chi connectivity index (χ2v) is 4.02. The lowest BCUT2D eigenvalue weighted by molar-refractivity contribution is -0.385. The van der Waals surface area contributed by atoms with Crippen molar-refractivity contribution in [3.63, 3.8) is 0 Å². The molecule has 0 amide bonds. The average Bonchev–Trinajstić information content (AvgIpc) is 2.29. The van der Waals surface area contributed by atoms with Crippen LogP contribution >= 0.6 is 0 Å². The van der Waals surface area contributed by atoms with Crippen molar-refractivity contribution in [3.8, 4) is 0 Å². The summed E-state index contributed by atoms with van der Waals surface area (Å²) in [5.74, 6) is -0.0939. The molecule has 0 radical (unpaired) electrons. The molecule has 0 saturated carbocycles. The Labute approximate surface area is 100.0 Å². The van der Waals surface area contributed by atoms with Crippen molar-refractivity contribution < 1.29 is 9.31 Å². The van der Waals surface area contributed by atoms with Crippen LogP contribution in [-0.4, -0.2) is 11.5 Å². The van der Waals surface area contributed by atoms with Gasteiger partial charge in [-0.25, -0.2) is 4.39 Å². The van der Waals surface area contributed by atoms with Gasteiger partial charge in [0.15, 0.2) is 0 Å². The molecule has 0 saturated heterocycles. The Hall–Kier alpha value is -1.65. The second kappa shape index (κ2) is 6.18. The summed E-state index contributed by atoms with van der Waals surface area (Å²) in [6, 6.07) is 3.54. The Kier molecular flexibility index (Phi) is 4.87. The van der Waals surface area contributed by atoms with E-state index in [0.29, 0.717) is 18.2 Å². The normalized spacial score (nSPS) is 10.6. The number of hydrogen-bond acceptors (Lipinski definition) is 3. The smallest absolute Gasteiger partial charge is 0.274 e. The zero-order valence-electron chi connectivity index (χ0n) is 10.1. The Morgan fingerprint density at radius 2 is 2.00 bits per heavy atom. The number of halogens is 1. The van der Waals surface area contributed by atoms with Gasteiger partial charge < -0.3 is 5.32 Å². The zero-order chi connectivity index (χ0) is 12.8. The standard InChI is InChI=1S/C12H17FN2O2/c1-3-9(4-2)8-14-11-5-10(13)6-12(7-11)15(16)17/h5-7,9,14H,3-4,8H2,1-2H3. The molecule has 4 nitrogen and oxygen atoms in total. The van der Waals surface area contributed by atoms with Gasteiger partial charge in [-0.15, -0.1) is 0 Å². The Morgan fingerprint density at radius 3 is 2.53 bits per heavy atom. The van der Waals surface area contributed by atoms with E-state index >= 15 is 0 Å².